The zero-order chi connectivity index (χ0) is 20.1. The van der Waals surface area contributed by atoms with E-state index >= 15 is 0 Å². The summed E-state index contributed by atoms with van der Waals surface area (Å²) in [5.74, 6) is -1.80. The van der Waals surface area contributed by atoms with Crippen LogP contribution in [0.1, 0.15) is 21.5 Å². The molecule has 27 heavy (non-hydrogen) atoms. The van der Waals surface area contributed by atoms with Crippen molar-refractivity contribution in [3.8, 4) is 23.6 Å². The number of aromatic nitrogens is 2. The van der Waals surface area contributed by atoms with Crippen LogP contribution in [-0.4, -0.2) is 31.3 Å². The standard InChI is InChI=1S/C7H6O4.2C6H4N2/c8-4-1-2-6(9)5(3-4)7(10)11;2*7-5-6-1-3-8-4-2-6/h1-3,8-9H,(H,10,11);2*1-4H. The molecule has 3 rings (SSSR count). The van der Waals surface area contributed by atoms with Crippen molar-refractivity contribution in [2.75, 3.05) is 0 Å². The molecule has 0 radical (unpaired) electrons. The number of nitriles is 2. The average Bonchev–Trinajstić information content (AvgIpc) is 2.72. The molecule has 0 amide bonds. The van der Waals surface area contributed by atoms with Crippen LogP contribution < -0.4 is 0 Å². The van der Waals surface area contributed by atoms with Gasteiger partial charge in [-0.3, -0.25) is 9.97 Å². The number of carboxylic acids is 1. The van der Waals surface area contributed by atoms with Gasteiger partial charge >= 0.3 is 5.97 Å². The Labute approximate surface area is 154 Å². The second-order valence-electron chi connectivity index (χ2n) is 4.70. The summed E-state index contributed by atoms with van der Waals surface area (Å²) in [6, 6.07) is 14.0. The Hall–Kier alpha value is -4.43. The van der Waals surface area contributed by atoms with Crippen molar-refractivity contribution in [2.45, 2.75) is 0 Å². The topological polar surface area (TPSA) is 151 Å². The summed E-state index contributed by atoms with van der Waals surface area (Å²) in [6.07, 6.45) is 6.38. The number of benzene rings is 1. The molecule has 0 atom stereocenters. The van der Waals surface area contributed by atoms with Gasteiger partial charge in [0.2, 0.25) is 0 Å². The molecule has 0 aliphatic carbocycles. The molecule has 0 fully saturated rings. The number of carbonyl (C=O) groups is 1. The Morgan fingerprint density at radius 2 is 1.26 bits per heavy atom. The van der Waals surface area contributed by atoms with Gasteiger partial charge in [0.15, 0.2) is 0 Å². The molecule has 0 saturated heterocycles. The number of phenolic OH excluding ortho intramolecular Hbond substituents is 1. The van der Waals surface area contributed by atoms with Crippen LogP contribution >= 0.6 is 0 Å². The molecule has 0 aliphatic heterocycles. The molecular weight excluding hydrogens is 348 g/mol. The van der Waals surface area contributed by atoms with Crippen LogP contribution in [-0.2, 0) is 0 Å². The van der Waals surface area contributed by atoms with Crippen LogP contribution in [0.2, 0.25) is 0 Å². The molecule has 0 aliphatic rings. The molecule has 0 spiro atoms. The minimum absolute atomic E-state index is 0.180. The van der Waals surface area contributed by atoms with Gasteiger partial charge in [0.25, 0.3) is 0 Å². The van der Waals surface area contributed by atoms with E-state index in [0.717, 1.165) is 12.1 Å². The molecule has 8 nitrogen and oxygen atoms in total. The highest BCUT2D eigenvalue weighted by atomic mass is 16.4. The zero-order valence-corrected chi connectivity index (χ0v) is 13.9. The third kappa shape index (κ3) is 7.79. The van der Waals surface area contributed by atoms with Crippen LogP contribution in [0.25, 0.3) is 0 Å². The van der Waals surface area contributed by atoms with Gasteiger partial charge in [0.1, 0.15) is 17.1 Å². The Bertz CT molecular complexity index is 899. The lowest BCUT2D eigenvalue weighted by Gasteiger charge is -1.98. The van der Waals surface area contributed by atoms with Gasteiger partial charge in [-0.25, -0.2) is 4.79 Å². The van der Waals surface area contributed by atoms with Gasteiger partial charge in [-0.1, -0.05) is 0 Å². The monoisotopic (exact) mass is 362 g/mol. The van der Waals surface area contributed by atoms with Crippen molar-refractivity contribution in [3.05, 3.63) is 83.9 Å². The highest BCUT2D eigenvalue weighted by Gasteiger charge is 2.08. The van der Waals surface area contributed by atoms with Gasteiger partial charge < -0.3 is 15.3 Å². The third-order valence-electron chi connectivity index (χ3n) is 2.83. The average molecular weight is 362 g/mol. The van der Waals surface area contributed by atoms with Crippen molar-refractivity contribution < 1.29 is 20.1 Å². The van der Waals surface area contributed by atoms with E-state index in [-0.39, 0.29) is 17.1 Å². The number of hydrogen-bond acceptors (Lipinski definition) is 7. The summed E-state index contributed by atoms with van der Waals surface area (Å²) in [7, 11) is 0. The number of rotatable bonds is 1. The molecule has 134 valence electrons. The van der Waals surface area contributed by atoms with E-state index in [4.69, 9.17) is 25.8 Å². The van der Waals surface area contributed by atoms with Crippen LogP contribution in [0.4, 0.5) is 0 Å². The van der Waals surface area contributed by atoms with Gasteiger partial charge in [-0.2, -0.15) is 10.5 Å². The van der Waals surface area contributed by atoms with Crippen LogP contribution in [0.15, 0.2) is 67.3 Å². The highest BCUT2D eigenvalue weighted by molar-refractivity contribution is 5.91. The van der Waals surface area contributed by atoms with Crippen LogP contribution in [0, 0.1) is 22.7 Å². The van der Waals surface area contributed by atoms with E-state index in [1.54, 1.807) is 49.1 Å². The maximum Gasteiger partial charge on any atom is 0.339 e. The first kappa shape index (κ1) is 20.6. The molecule has 3 aromatic rings. The van der Waals surface area contributed by atoms with E-state index in [1.165, 1.54) is 6.07 Å². The lowest BCUT2D eigenvalue weighted by atomic mass is 10.2. The van der Waals surface area contributed by atoms with E-state index in [1.807, 2.05) is 12.1 Å². The molecular formula is C19H14N4O4. The normalized spacial score (nSPS) is 8.52. The number of carboxylic acid groups (broad SMARTS) is 1. The largest absolute Gasteiger partial charge is 0.508 e. The molecule has 2 heterocycles. The summed E-state index contributed by atoms with van der Waals surface area (Å²) in [4.78, 5) is 17.8. The zero-order valence-electron chi connectivity index (χ0n) is 13.9. The Morgan fingerprint density at radius 3 is 1.56 bits per heavy atom. The first-order valence-corrected chi connectivity index (χ1v) is 7.33. The highest BCUT2D eigenvalue weighted by Crippen LogP contribution is 2.21. The summed E-state index contributed by atoms with van der Waals surface area (Å²) >= 11 is 0. The molecule has 0 saturated carbocycles. The minimum atomic E-state index is -1.27. The maximum absolute atomic E-state index is 10.3. The first-order valence-electron chi connectivity index (χ1n) is 7.33. The Kier molecular flexibility index (Phi) is 8.54. The van der Waals surface area contributed by atoms with Crippen molar-refractivity contribution in [2.24, 2.45) is 0 Å². The molecule has 1 aromatic carbocycles. The summed E-state index contributed by atoms with van der Waals surface area (Å²) < 4.78 is 0. The Balaban J connectivity index is 0.000000206. The number of aromatic carboxylic acids is 1. The molecule has 0 unspecified atom stereocenters. The third-order valence-corrected chi connectivity index (χ3v) is 2.83. The number of hydrogen-bond donors (Lipinski definition) is 3. The first-order chi connectivity index (χ1) is 13.0. The maximum atomic E-state index is 10.3. The van der Waals surface area contributed by atoms with Gasteiger partial charge in [0.05, 0.1) is 23.3 Å². The van der Waals surface area contributed by atoms with Crippen molar-refractivity contribution in [1.29, 1.82) is 10.5 Å². The molecule has 0 bridgehead atoms. The predicted octanol–water partition coefficient (Wildman–Crippen LogP) is 2.70. The summed E-state index contributed by atoms with van der Waals surface area (Å²) in [5, 5.41) is 42.7. The van der Waals surface area contributed by atoms with E-state index in [2.05, 4.69) is 9.97 Å². The van der Waals surface area contributed by atoms with Crippen LogP contribution in [0.5, 0.6) is 11.5 Å². The summed E-state index contributed by atoms with van der Waals surface area (Å²) in [5.41, 5.74) is 1.00. The van der Waals surface area contributed by atoms with E-state index in [0.29, 0.717) is 11.1 Å². The van der Waals surface area contributed by atoms with Gasteiger partial charge in [-0.05, 0) is 42.5 Å². The van der Waals surface area contributed by atoms with Crippen molar-refractivity contribution in [3.63, 3.8) is 0 Å². The number of phenols is 2. The molecule has 8 heteroatoms. The smallest absolute Gasteiger partial charge is 0.339 e. The van der Waals surface area contributed by atoms with E-state index in [9.17, 15) is 4.79 Å². The SMILES string of the molecule is N#Cc1ccncc1.N#Cc1ccncc1.O=C(O)c1cc(O)ccc1O. The quantitative estimate of drug-likeness (QED) is 0.559. The lowest BCUT2D eigenvalue weighted by molar-refractivity contribution is 0.0693. The van der Waals surface area contributed by atoms with Crippen molar-refractivity contribution in [1.82, 2.24) is 9.97 Å². The number of pyridine rings is 2. The fourth-order valence-corrected chi connectivity index (χ4v) is 1.55. The number of aromatic hydroxyl groups is 2. The Morgan fingerprint density at radius 1 is 0.815 bits per heavy atom. The predicted molar refractivity (Wildman–Crippen MR) is 94.6 cm³/mol. The molecule has 3 N–H and O–H groups in total. The van der Waals surface area contributed by atoms with Gasteiger partial charge in [0, 0.05) is 24.8 Å². The lowest BCUT2D eigenvalue weighted by Crippen LogP contribution is -1.95. The fourth-order valence-electron chi connectivity index (χ4n) is 1.55. The second kappa shape index (κ2) is 11.2. The van der Waals surface area contributed by atoms with Crippen LogP contribution in [0.3, 0.4) is 0 Å². The summed E-state index contributed by atoms with van der Waals surface area (Å²) in [6.45, 7) is 0. The molecule has 2 aromatic heterocycles. The van der Waals surface area contributed by atoms with Gasteiger partial charge in [-0.15, -0.1) is 0 Å². The van der Waals surface area contributed by atoms with E-state index < -0.39 is 5.97 Å². The minimum Gasteiger partial charge on any atom is -0.508 e. The second-order valence-corrected chi connectivity index (χ2v) is 4.70. The van der Waals surface area contributed by atoms with Crippen molar-refractivity contribution >= 4 is 5.97 Å². The number of nitrogens with zero attached hydrogens (tertiary/aromatic N) is 4. The fraction of sp³-hybridized carbons (Fsp3) is 0.